The number of H-pyrrole nitrogens is 1. The average molecular weight is 469 g/mol. The van der Waals surface area contributed by atoms with Crippen molar-refractivity contribution >= 4 is 15.9 Å². The Morgan fingerprint density at radius 3 is 2.52 bits per heavy atom. The van der Waals surface area contributed by atoms with E-state index in [9.17, 15) is 13.2 Å². The summed E-state index contributed by atoms with van der Waals surface area (Å²) in [4.78, 5) is 20.6. The van der Waals surface area contributed by atoms with Crippen LogP contribution in [0.4, 0.5) is 0 Å². The van der Waals surface area contributed by atoms with E-state index in [0.717, 1.165) is 11.3 Å². The van der Waals surface area contributed by atoms with Crippen LogP contribution in [0.3, 0.4) is 0 Å². The molecule has 3 unspecified atom stereocenters. The lowest BCUT2D eigenvalue weighted by molar-refractivity contribution is -0.0440. The van der Waals surface area contributed by atoms with Crippen molar-refractivity contribution in [1.82, 2.24) is 19.6 Å². The SMILES string of the molecule is CC1CN(S(=O)(=O)c2cccc(C(=O)NC(C)c3ncc(-c4ccccc4)[nH]3)c2)CC(C)O1. The molecule has 3 atom stereocenters. The van der Waals surface area contributed by atoms with E-state index in [-0.39, 0.29) is 41.7 Å². The molecule has 0 bridgehead atoms. The first kappa shape index (κ1) is 23.2. The molecule has 1 saturated heterocycles. The molecule has 1 fully saturated rings. The summed E-state index contributed by atoms with van der Waals surface area (Å²) < 4.78 is 33.4. The molecule has 1 amide bonds. The number of ether oxygens (including phenoxy) is 1. The fourth-order valence-electron chi connectivity index (χ4n) is 3.94. The summed E-state index contributed by atoms with van der Waals surface area (Å²) >= 11 is 0. The first-order chi connectivity index (χ1) is 15.7. The van der Waals surface area contributed by atoms with Crippen molar-refractivity contribution in [2.75, 3.05) is 13.1 Å². The van der Waals surface area contributed by atoms with Crippen molar-refractivity contribution in [2.24, 2.45) is 0 Å². The number of nitrogens with zero attached hydrogens (tertiary/aromatic N) is 2. The zero-order chi connectivity index (χ0) is 23.6. The van der Waals surface area contributed by atoms with Crippen LogP contribution in [0, 0.1) is 0 Å². The molecule has 9 heteroatoms. The summed E-state index contributed by atoms with van der Waals surface area (Å²) in [6.07, 6.45) is 1.35. The Kier molecular flexibility index (Phi) is 6.64. The van der Waals surface area contributed by atoms with Gasteiger partial charge in [-0.15, -0.1) is 0 Å². The van der Waals surface area contributed by atoms with E-state index < -0.39 is 16.1 Å². The van der Waals surface area contributed by atoms with E-state index in [2.05, 4.69) is 15.3 Å². The van der Waals surface area contributed by atoms with Gasteiger partial charge in [-0.2, -0.15) is 4.31 Å². The topological polar surface area (TPSA) is 104 Å². The fraction of sp³-hybridized carbons (Fsp3) is 0.333. The van der Waals surface area contributed by atoms with Crippen molar-refractivity contribution in [3.05, 3.63) is 72.2 Å². The van der Waals surface area contributed by atoms with Gasteiger partial charge in [-0.25, -0.2) is 13.4 Å². The molecule has 33 heavy (non-hydrogen) atoms. The molecule has 174 valence electrons. The standard InChI is InChI=1S/C24H28N4O4S/c1-16-14-28(15-17(2)32-16)33(30,31)21-11-7-10-20(12-21)24(29)26-18(3)23-25-13-22(27-23)19-8-5-4-6-9-19/h4-13,16-18H,14-15H2,1-3H3,(H,25,27)(H,26,29). The van der Waals surface area contributed by atoms with Crippen molar-refractivity contribution in [3.63, 3.8) is 0 Å². The highest BCUT2D eigenvalue weighted by molar-refractivity contribution is 7.89. The molecular weight excluding hydrogens is 440 g/mol. The van der Waals surface area contributed by atoms with Crippen LogP contribution in [-0.2, 0) is 14.8 Å². The second-order valence-electron chi connectivity index (χ2n) is 8.35. The number of carbonyl (C=O) groups excluding carboxylic acids is 1. The number of rotatable bonds is 6. The third-order valence-corrected chi connectivity index (χ3v) is 7.39. The average Bonchev–Trinajstić information content (AvgIpc) is 3.30. The molecule has 1 aromatic heterocycles. The number of sulfonamides is 1. The minimum absolute atomic E-state index is 0.0912. The van der Waals surface area contributed by atoms with Crippen LogP contribution in [0.25, 0.3) is 11.3 Å². The highest BCUT2D eigenvalue weighted by Gasteiger charge is 2.32. The number of aromatic amines is 1. The molecule has 0 radical (unpaired) electrons. The highest BCUT2D eigenvalue weighted by Crippen LogP contribution is 2.23. The Morgan fingerprint density at radius 2 is 1.82 bits per heavy atom. The van der Waals surface area contributed by atoms with E-state index in [1.807, 2.05) is 51.1 Å². The molecule has 1 aliphatic rings. The van der Waals surface area contributed by atoms with Crippen LogP contribution in [-0.4, -0.2) is 53.9 Å². The maximum absolute atomic E-state index is 13.2. The third kappa shape index (κ3) is 5.16. The van der Waals surface area contributed by atoms with Gasteiger partial charge >= 0.3 is 0 Å². The van der Waals surface area contributed by atoms with Crippen molar-refractivity contribution in [2.45, 2.75) is 43.9 Å². The van der Waals surface area contributed by atoms with Gasteiger partial charge in [0.05, 0.1) is 35.0 Å². The molecule has 4 rings (SSSR count). The first-order valence-electron chi connectivity index (χ1n) is 10.9. The predicted molar refractivity (Wildman–Crippen MR) is 125 cm³/mol. The largest absolute Gasteiger partial charge is 0.373 e. The van der Waals surface area contributed by atoms with Gasteiger partial charge in [-0.1, -0.05) is 36.4 Å². The Labute approximate surface area is 194 Å². The smallest absolute Gasteiger partial charge is 0.251 e. The van der Waals surface area contributed by atoms with E-state index in [4.69, 9.17) is 4.74 Å². The molecule has 8 nitrogen and oxygen atoms in total. The summed E-state index contributed by atoms with van der Waals surface area (Å²) in [7, 11) is -3.74. The van der Waals surface area contributed by atoms with E-state index >= 15 is 0 Å². The summed E-state index contributed by atoms with van der Waals surface area (Å²) in [5.41, 5.74) is 2.13. The third-order valence-electron chi connectivity index (χ3n) is 5.56. The predicted octanol–water partition coefficient (Wildman–Crippen LogP) is 3.37. The number of nitrogens with one attached hydrogen (secondary N) is 2. The molecule has 3 aromatic rings. The lowest BCUT2D eigenvalue weighted by Gasteiger charge is -2.34. The van der Waals surface area contributed by atoms with E-state index in [1.165, 1.54) is 16.4 Å². The van der Waals surface area contributed by atoms with Crippen molar-refractivity contribution < 1.29 is 17.9 Å². The highest BCUT2D eigenvalue weighted by atomic mass is 32.2. The first-order valence-corrected chi connectivity index (χ1v) is 12.3. The van der Waals surface area contributed by atoms with Crippen LogP contribution < -0.4 is 5.32 Å². The number of benzene rings is 2. The zero-order valence-corrected chi connectivity index (χ0v) is 19.7. The molecule has 2 aromatic carbocycles. The minimum Gasteiger partial charge on any atom is -0.373 e. The summed E-state index contributed by atoms with van der Waals surface area (Å²) in [6.45, 7) is 6.08. The molecule has 1 aliphatic heterocycles. The van der Waals surface area contributed by atoms with E-state index in [1.54, 1.807) is 18.3 Å². The summed E-state index contributed by atoms with van der Waals surface area (Å²) in [5.74, 6) is 0.239. The zero-order valence-electron chi connectivity index (χ0n) is 18.9. The fourth-order valence-corrected chi connectivity index (χ4v) is 5.58. The molecule has 2 heterocycles. The number of hydrogen-bond donors (Lipinski definition) is 2. The van der Waals surface area contributed by atoms with Crippen LogP contribution >= 0.6 is 0 Å². The number of hydrogen-bond acceptors (Lipinski definition) is 5. The number of morpholine rings is 1. The van der Waals surface area contributed by atoms with Crippen molar-refractivity contribution in [1.29, 1.82) is 0 Å². The number of imidazole rings is 1. The number of aromatic nitrogens is 2. The van der Waals surface area contributed by atoms with Gasteiger partial charge in [-0.05, 0) is 44.5 Å². The Morgan fingerprint density at radius 1 is 1.12 bits per heavy atom. The number of amides is 1. The van der Waals surface area contributed by atoms with Gasteiger partial charge in [-0.3, -0.25) is 4.79 Å². The van der Waals surface area contributed by atoms with Crippen LogP contribution in [0.1, 0.15) is 43.0 Å². The monoisotopic (exact) mass is 468 g/mol. The van der Waals surface area contributed by atoms with Gasteiger partial charge in [0.2, 0.25) is 10.0 Å². The van der Waals surface area contributed by atoms with Crippen LogP contribution in [0.2, 0.25) is 0 Å². The maximum atomic E-state index is 13.2. The van der Waals surface area contributed by atoms with E-state index in [0.29, 0.717) is 5.82 Å². The molecule has 0 aliphatic carbocycles. The number of carbonyl (C=O) groups is 1. The van der Waals surface area contributed by atoms with Gasteiger partial charge in [0.25, 0.3) is 5.91 Å². The summed E-state index contributed by atoms with van der Waals surface area (Å²) in [5, 5.41) is 2.89. The maximum Gasteiger partial charge on any atom is 0.251 e. The van der Waals surface area contributed by atoms with Gasteiger partial charge < -0.3 is 15.0 Å². The Balaban J connectivity index is 1.48. The second-order valence-corrected chi connectivity index (χ2v) is 10.3. The molecule has 2 N–H and O–H groups in total. The Bertz CT molecular complexity index is 1220. The lowest BCUT2D eigenvalue weighted by Crippen LogP contribution is -2.48. The molecule has 0 saturated carbocycles. The van der Waals surface area contributed by atoms with Gasteiger partial charge in [0, 0.05) is 18.7 Å². The van der Waals surface area contributed by atoms with Gasteiger partial charge in [0.1, 0.15) is 5.82 Å². The Hall–Kier alpha value is -3.01. The minimum atomic E-state index is -3.74. The second kappa shape index (κ2) is 9.46. The summed E-state index contributed by atoms with van der Waals surface area (Å²) in [6, 6.07) is 15.5. The van der Waals surface area contributed by atoms with Crippen molar-refractivity contribution in [3.8, 4) is 11.3 Å². The normalized spacial score (nSPS) is 20.3. The molecular formula is C24H28N4O4S. The van der Waals surface area contributed by atoms with Crippen LogP contribution in [0.5, 0.6) is 0 Å². The van der Waals surface area contributed by atoms with Crippen LogP contribution in [0.15, 0.2) is 65.7 Å². The lowest BCUT2D eigenvalue weighted by atomic mass is 10.2. The quantitative estimate of drug-likeness (QED) is 0.577. The van der Waals surface area contributed by atoms with Gasteiger partial charge in [0.15, 0.2) is 0 Å². The molecule has 0 spiro atoms.